The maximum Gasteiger partial charge on any atom is 0.0897 e. The zero-order valence-electron chi connectivity index (χ0n) is 12.3. The third-order valence-corrected chi connectivity index (χ3v) is 4.59. The summed E-state index contributed by atoms with van der Waals surface area (Å²) in [6.45, 7) is 6.35. The third kappa shape index (κ3) is 3.66. The number of hydrogen-bond donors (Lipinski definition) is 2. The minimum Gasteiger partial charge on any atom is -0.394 e. The van der Waals surface area contributed by atoms with Crippen LogP contribution in [0.3, 0.4) is 0 Å². The number of benzene rings is 1. The van der Waals surface area contributed by atoms with Crippen molar-refractivity contribution in [2.45, 2.75) is 39.3 Å². The van der Waals surface area contributed by atoms with E-state index in [1.807, 2.05) is 13.1 Å². The van der Waals surface area contributed by atoms with Crippen LogP contribution in [0.4, 0.5) is 0 Å². The van der Waals surface area contributed by atoms with Crippen LogP contribution in [0.5, 0.6) is 0 Å². The summed E-state index contributed by atoms with van der Waals surface area (Å²) in [5.74, 6) is 0. The molecule has 0 fully saturated rings. The van der Waals surface area contributed by atoms with Crippen molar-refractivity contribution in [2.24, 2.45) is 0 Å². The maximum absolute atomic E-state index is 9.63. The van der Waals surface area contributed by atoms with Crippen molar-refractivity contribution in [1.82, 2.24) is 10.3 Å². The van der Waals surface area contributed by atoms with Crippen LogP contribution >= 0.6 is 11.3 Å². The van der Waals surface area contributed by atoms with E-state index >= 15 is 0 Å². The van der Waals surface area contributed by atoms with Crippen LogP contribution in [0.25, 0.3) is 0 Å². The van der Waals surface area contributed by atoms with Gasteiger partial charge in [-0.2, -0.15) is 0 Å². The van der Waals surface area contributed by atoms with Crippen LogP contribution in [0, 0.1) is 6.92 Å². The van der Waals surface area contributed by atoms with Crippen molar-refractivity contribution in [3.8, 4) is 0 Å². The molecule has 3 nitrogen and oxygen atoms in total. The van der Waals surface area contributed by atoms with E-state index in [-0.39, 0.29) is 18.7 Å². The second-order valence-corrected chi connectivity index (χ2v) is 6.27. The van der Waals surface area contributed by atoms with Gasteiger partial charge >= 0.3 is 0 Å². The molecule has 20 heavy (non-hydrogen) atoms. The van der Waals surface area contributed by atoms with Gasteiger partial charge in [0.1, 0.15) is 0 Å². The number of aliphatic hydroxyl groups is 1. The zero-order chi connectivity index (χ0) is 14.5. The predicted octanol–water partition coefficient (Wildman–Crippen LogP) is 3.40. The number of rotatable bonds is 6. The van der Waals surface area contributed by atoms with Crippen molar-refractivity contribution in [3.63, 3.8) is 0 Å². The van der Waals surface area contributed by atoms with Crippen molar-refractivity contribution < 1.29 is 5.11 Å². The summed E-state index contributed by atoms with van der Waals surface area (Å²) >= 11 is 1.69. The first kappa shape index (κ1) is 15.2. The number of hydrogen-bond acceptors (Lipinski definition) is 4. The fraction of sp³-hybridized carbons (Fsp3) is 0.438. The van der Waals surface area contributed by atoms with Gasteiger partial charge in [-0.05, 0) is 31.4 Å². The van der Waals surface area contributed by atoms with Gasteiger partial charge in [-0.25, -0.2) is 4.98 Å². The van der Waals surface area contributed by atoms with E-state index < -0.39 is 0 Å². The van der Waals surface area contributed by atoms with E-state index in [9.17, 15) is 5.11 Å². The number of thiazole rings is 1. The molecule has 4 heteroatoms. The van der Waals surface area contributed by atoms with Gasteiger partial charge in [-0.15, -0.1) is 11.3 Å². The lowest BCUT2D eigenvalue weighted by atomic mass is 10.0. The number of aliphatic hydroxyl groups excluding tert-OH is 1. The van der Waals surface area contributed by atoms with Crippen molar-refractivity contribution >= 4 is 11.3 Å². The molecule has 2 atom stereocenters. The number of nitrogens with one attached hydrogen (secondary N) is 1. The SMILES string of the molecule is CCc1ccc(C(CO)NC(C)c2cnc(C)s2)cc1. The van der Waals surface area contributed by atoms with Gasteiger partial charge in [-0.1, -0.05) is 31.2 Å². The largest absolute Gasteiger partial charge is 0.394 e. The van der Waals surface area contributed by atoms with Gasteiger partial charge in [0.05, 0.1) is 17.7 Å². The van der Waals surface area contributed by atoms with E-state index in [0.29, 0.717) is 0 Å². The second-order valence-electron chi connectivity index (χ2n) is 5.00. The molecule has 0 amide bonds. The third-order valence-electron chi connectivity index (χ3n) is 3.49. The van der Waals surface area contributed by atoms with Crippen LogP contribution in [0.2, 0.25) is 0 Å². The molecule has 0 saturated carbocycles. The minimum absolute atomic E-state index is 0.0432. The molecular weight excluding hydrogens is 268 g/mol. The Kier molecular flexibility index (Phi) is 5.29. The molecule has 2 rings (SSSR count). The van der Waals surface area contributed by atoms with Gasteiger partial charge in [0.15, 0.2) is 0 Å². The molecule has 0 bridgehead atoms. The highest BCUT2D eigenvalue weighted by molar-refractivity contribution is 7.11. The summed E-state index contributed by atoms with van der Waals surface area (Å²) in [6, 6.07) is 8.58. The summed E-state index contributed by atoms with van der Waals surface area (Å²) < 4.78 is 0. The zero-order valence-corrected chi connectivity index (χ0v) is 13.1. The fourth-order valence-electron chi connectivity index (χ4n) is 2.20. The predicted molar refractivity (Wildman–Crippen MR) is 84.0 cm³/mol. The maximum atomic E-state index is 9.63. The summed E-state index contributed by atoms with van der Waals surface area (Å²) in [7, 11) is 0. The molecule has 1 aromatic heterocycles. The lowest BCUT2D eigenvalue weighted by Crippen LogP contribution is -2.26. The Morgan fingerprint density at radius 3 is 2.50 bits per heavy atom. The van der Waals surface area contributed by atoms with Gasteiger partial charge in [0.25, 0.3) is 0 Å². The van der Waals surface area contributed by atoms with Crippen molar-refractivity contribution in [2.75, 3.05) is 6.61 Å². The Morgan fingerprint density at radius 1 is 1.30 bits per heavy atom. The summed E-state index contributed by atoms with van der Waals surface area (Å²) in [5, 5.41) is 14.2. The van der Waals surface area contributed by atoms with Crippen LogP contribution in [0.15, 0.2) is 30.5 Å². The Morgan fingerprint density at radius 2 is 2.00 bits per heavy atom. The topological polar surface area (TPSA) is 45.1 Å². The monoisotopic (exact) mass is 290 g/mol. The first-order valence-corrected chi connectivity index (χ1v) is 7.83. The molecule has 0 spiro atoms. The van der Waals surface area contributed by atoms with Crippen LogP contribution in [-0.2, 0) is 6.42 Å². The minimum atomic E-state index is -0.0432. The number of aryl methyl sites for hydroxylation is 2. The van der Waals surface area contributed by atoms with Crippen LogP contribution in [0.1, 0.15) is 46.9 Å². The fourth-order valence-corrected chi connectivity index (χ4v) is 3.00. The molecule has 2 unspecified atom stereocenters. The Labute approximate surface area is 124 Å². The van der Waals surface area contributed by atoms with Crippen LogP contribution < -0.4 is 5.32 Å². The highest BCUT2D eigenvalue weighted by Gasteiger charge is 2.16. The highest BCUT2D eigenvalue weighted by atomic mass is 32.1. The molecule has 0 radical (unpaired) electrons. The Hall–Kier alpha value is -1.23. The Balaban J connectivity index is 2.07. The normalized spacial score (nSPS) is 14.2. The molecule has 108 valence electrons. The van der Waals surface area contributed by atoms with E-state index in [0.717, 1.165) is 17.0 Å². The lowest BCUT2D eigenvalue weighted by Gasteiger charge is -2.21. The molecule has 2 aromatic rings. The molecule has 0 saturated heterocycles. The van der Waals surface area contributed by atoms with E-state index in [2.05, 4.69) is 48.4 Å². The Bertz CT molecular complexity index is 536. The molecule has 0 aliphatic heterocycles. The van der Waals surface area contributed by atoms with Crippen molar-refractivity contribution in [3.05, 3.63) is 51.5 Å². The van der Waals surface area contributed by atoms with Crippen molar-refractivity contribution in [1.29, 1.82) is 0 Å². The smallest absolute Gasteiger partial charge is 0.0897 e. The highest BCUT2D eigenvalue weighted by Crippen LogP contribution is 2.24. The molecule has 1 heterocycles. The molecule has 0 aliphatic carbocycles. The van der Waals surface area contributed by atoms with Gasteiger partial charge in [0, 0.05) is 17.1 Å². The van der Waals surface area contributed by atoms with E-state index in [1.165, 1.54) is 10.4 Å². The van der Waals surface area contributed by atoms with Gasteiger partial charge in [-0.3, -0.25) is 0 Å². The van der Waals surface area contributed by atoms with Gasteiger partial charge in [0.2, 0.25) is 0 Å². The standard InChI is InChI=1S/C16H22N2OS/c1-4-13-5-7-14(8-6-13)15(10-19)18-11(2)16-9-17-12(3)20-16/h5-9,11,15,18-19H,4,10H2,1-3H3. The first-order valence-electron chi connectivity index (χ1n) is 7.02. The second kappa shape index (κ2) is 6.97. The molecule has 2 N–H and O–H groups in total. The van der Waals surface area contributed by atoms with Crippen LogP contribution in [-0.4, -0.2) is 16.7 Å². The molecule has 0 aliphatic rings. The molecular formula is C16H22N2OS. The lowest BCUT2D eigenvalue weighted by molar-refractivity contribution is 0.236. The number of aromatic nitrogens is 1. The first-order chi connectivity index (χ1) is 9.63. The summed E-state index contributed by atoms with van der Waals surface area (Å²) in [5.41, 5.74) is 2.44. The van der Waals surface area contributed by atoms with E-state index in [4.69, 9.17) is 0 Å². The summed E-state index contributed by atoms with van der Waals surface area (Å²) in [4.78, 5) is 5.48. The summed E-state index contributed by atoms with van der Waals surface area (Å²) in [6.07, 6.45) is 2.94. The average Bonchev–Trinajstić information content (AvgIpc) is 2.91. The quantitative estimate of drug-likeness (QED) is 0.857. The molecule has 1 aromatic carbocycles. The van der Waals surface area contributed by atoms with Gasteiger partial charge < -0.3 is 10.4 Å². The average molecular weight is 290 g/mol. The van der Waals surface area contributed by atoms with E-state index in [1.54, 1.807) is 11.3 Å². The number of nitrogens with zero attached hydrogens (tertiary/aromatic N) is 1.